The highest BCUT2D eigenvalue weighted by Gasteiger charge is 2.14. The van der Waals surface area contributed by atoms with Gasteiger partial charge in [-0.25, -0.2) is 4.98 Å². The summed E-state index contributed by atoms with van der Waals surface area (Å²) in [5.74, 6) is -0.556. The largest absolute Gasteiger partial charge is 0.294 e. The molecule has 0 amide bonds. The molecular weight excluding hydrogens is 296 g/mol. The van der Waals surface area contributed by atoms with Crippen LogP contribution in [0.1, 0.15) is 27.3 Å². The van der Waals surface area contributed by atoms with Crippen molar-refractivity contribution in [2.75, 3.05) is 0 Å². The van der Waals surface area contributed by atoms with Crippen molar-refractivity contribution >= 4 is 27.5 Å². The Labute approximate surface area is 112 Å². The summed E-state index contributed by atoms with van der Waals surface area (Å²) in [4.78, 5) is 31.5. The molecule has 0 aliphatic carbocycles. The van der Waals surface area contributed by atoms with Crippen molar-refractivity contribution < 1.29 is 9.59 Å². The van der Waals surface area contributed by atoms with Gasteiger partial charge in [-0.1, -0.05) is 6.07 Å². The molecule has 4 nitrogen and oxygen atoms in total. The third kappa shape index (κ3) is 3.07. The predicted octanol–water partition coefficient (Wildman–Crippen LogP) is 2.69. The standard InChI is InChI=1S/C13H9BrN2O2/c14-13-5-1-4-10(16-13)12(18)7-11(17)9-3-2-6-15-8-9/h1-6,8H,7H2. The quantitative estimate of drug-likeness (QED) is 0.495. The first-order valence-electron chi connectivity index (χ1n) is 5.26. The first-order chi connectivity index (χ1) is 8.66. The lowest BCUT2D eigenvalue weighted by molar-refractivity contribution is 0.0891. The number of hydrogen-bond acceptors (Lipinski definition) is 4. The second kappa shape index (κ2) is 5.64. The van der Waals surface area contributed by atoms with Crippen LogP contribution in [0.5, 0.6) is 0 Å². The number of pyridine rings is 2. The molecule has 2 heterocycles. The van der Waals surface area contributed by atoms with Crippen LogP contribution in [0.3, 0.4) is 0 Å². The van der Waals surface area contributed by atoms with E-state index in [4.69, 9.17) is 0 Å². The summed E-state index contributed by atoms with van der Waals surface area (Å²) in [5.41, 5.74) is 0.711. The average molecular weight is 305 g/mol. The minimum atomic E-state index is -0.301. The Morgan fingerprint density at radius 1 is 1.11 bits per heavy atom. The van der Waals surface area contributed by atoms with E-state index in [1.165, 1.54) is 6.20 Å². The molecule has 0 saturated carbocycles. The van der Waals surface area contributed by atoms with Crippen molar-refractivity contribution in [1.82, 2.24) is 9.97 Å². The maximum atomic E-state index is 11.9. The summed E-state index contributed by atoms with van der Waals surface area (Å²) in [6.07, 6.45) is 2.83. The summed E-state index contributed by atoms with van der Waals surface area (Å²) >= 11 is 3.18. The zero-order chi connectivity index (χ0) is 13.0. The SMILES string of the molecule is O=C(CC(=O)c1cccc(Br)n1)c1cccnc1. The Bertz CT molecular complexity index is 585. The number of halogens is 1. The smallest absolute Gasteiger partial charge is 0.188 e. The van der Waals surface area contributed by atoms with Gasteiger partial charge in [0.15, 0.2) is 11.6 Å². The van der Waals surface area contributed by atoms with Crippen molar-refractivity contribution in [2.24, 2.45) is 0 Å². The Balaban J connectivity index is 2.11. The van der Waals surface area contributed by atoms with Crippen LogP contribution >= 0.6 is 15.9 Å². The number of rotatable bonds is 4. The maximum absolute atomic E-state index is 11.9. The number of hydrogen-bond donors (Lipinski definition) is 0. The average Bonchev–Trinajstić information content (AvgIpc) is 2.39. The first kappa shape index (κ1) is 12.6. The number of carbonyl (C=O) groups excluding carboxylic acids is 2. The zero-order valence-electron chi connectivity index (χ0n) is 9.34. The van der Waals surface area contributed by atoms with Gasteiger partial charge < -0.3 is 0 Å². The van der Waals surface area contributed by atoms with Crippen molar-refractivity contribution in [2.45, 2.75) is 6.42 Å². The molecular formula is C13H9BrN2O2. The molecule has 0 spiro atoms. The zero-order valence-corrected chi connectivity index (χ0v) is 10.9. The monoisotopic (exact) mass is 304 g/mol. The summed E-state index contributed by atoms with van der Waals surface area (Å²) in [5, 5.41) is 0. The Morgan fingerprint density at radius 2 is 1.94 bits per heavy atom. The van der Waals surface area contributed by atoms with Gasteiger partial charge in [0, 0.05) is 18.0 Å². The van der Waals surface area contributed by atoms with Gasteiger partial charge in [-0.3, -0.25) is 14.6 Å². The van der Waals surface area contributed by atoms with Crippen molar-refractivity contribution in [3.8, 4) is 0 Å². The van der Waals surface area contributed by atoms with E-state index >= 15 is 0 Å². The fourth-order valence-electron chi connectivity index (χ4n) is 1.43. The molecule has 0 N–H and O–H groups in total. The molecule has 5 heteroatoms. The van der Waals surface area contributed by atoms with E-state index in [0.29, 0.717) is 10.2 Å². The minimum Gasteiger partial charge on any atom is -0.294 e. The number of nitrogens with zero attached hydrogens (tertiary/aromatic N) is 2. The Kier molecular flexibility index (Phi) is 3.94. The van der Waals surface area contributed by atoms with Crippen LogP contribution in [-0.4, -0.2) is 21.5 Å². The van der Waals surface area contributed by atoms with Crippen molar-refractivity contribution in [3.63, 3.8) is 0 Å². The molecule has 0 aliphatic heterocycles. The summed E-state index contributed by atoms with van der Waals surface area (Å²) in [6.45, 7) is 0. The highest BCUT2D eigenvalue weighted by molar-refractivity contribution is 9.10. The molecule has 0 fully saturated rings. The van der Waals surface area contributed by atoms with Crippen LogP contribution in [0.15, 0.2) is 47.3 Å². The molecule has 0 aromatic carbocycles. The van der Waals surface area contributed by atoms with Gasteiger partial charge >= 0.3 is 0 Å². The van der Waals surface area contributed by atoms with E-state index < -0.39 is 0 Å². The summed E-state index contributed by atoms with van der Waals surface area (Å²) in [7, 11) is 0. The number of carbonyl (C=O) groups is 2. The third-order valence-corrected chi connectivity index (χ3v) is 2.75. The second-order valence-electron chi connectivity index (χ2n) is 3.61. The van der Waals surface area contributed by atoms with Gasteiger partial charge in [0.2, 0.25) is 0 Å². The molecule has 0 atom stereocenters. The second-order valence-corrected chi connectivity index (χ2v) is 4.42. The van der Waals surface area contributed by atoms with Crippen LogP contribution in [0, 0.1) is 0 Å². The predicted molar refractivity (Wildman–Crippen MR) is 69.5 cm³/mol. The van der Waals surface area contributed by atoms with Crippen LogP contribution < -0.4 is 0 Å². The van der Waals surface area contributed by atoms with Crippen molar-refractivity contribution in [3.05, 3.63) is 58.6 Å². The molecule has 0 saturated heterocycles. The van der Waals surface area contributed by atoms with Gasteiger partial charge in [-0.2, -0.15) is 0 Å². The van der Waals surface area contributed by atoms with Crippen molar-refractivity contribution in [1.29, 1.82) is 0 Å². The van der Waals surface area contributed by atoms with Gasteiger partial charge in [0.25, 0.3) is 0 Å². The van der Waals surface area contributed by atoms with E-state index in [1.54, 1.807) is 36.5 Å². The molecule has 0 unspecified atom stereocenters. The Hall–Kier alpha value is -1.88. The molecule has 2 rings (SSSR count). The van der Waals surface area contributed by atoms with Gasteiger partial charge in [-0.05, 0) is 40.2 Å². The highest BCUT2D eigenvalue weighted by Crippen LogP contribution is 2.10. The van der Waals surface area contributed by atoms with Crippen LogP contribution in [0.2, 0.25) is 0 Å². The van der Waals surface area contributed by atoms with E-state index in [0.717, 1.165) is 0 Å². The maximum Gasteiger partial charge on any atom is 0.188 e. The van der Waals surface area contributed by atoms with Gasteiger partial charge in [0.05, 0.1) is 6.42 Å². The van der Waals surface area contributed by atoms with Gasteiger partial charge in [-0.15, -0.1) is 0 Å². The van der Waals surface area contributed by atoms with E-state index in [2.05, 4.69) is 25.9 Å². The van der Waals surface area contributed by atoms with E-state index in [-0.39, 0.29) is 23.7 Å². The van der Waals surface area contributed by atoms with Crippen LogP contribution in [0.25, 0.3) is 0 Å². The Morgan fingerprint density at radius 3 is 2.61 bits per heavy atom. The normalized spacial score (nSPS) is 10.1. The lowest BCUT2D eigenvalue weighted by Gasteiger charge is -2.00. The van der Waals surface area contributed by atoms with Crippen LogP contribution in [-0.2, 0) is 0 Å². The van der Waals surface area contributed by atoms with Gasteiger partial charge in [0.1, 0.15) is 10.3 Å². The highest BCUT2D eigenvalue weighted by atomic mass is 79.9. The summed E-state index contributed by atoms with van der Waals surface area (Å²) in [6, 6.07) is 8.31. The van der Waals surface area contributed by atoms with Crippen LogP contribution in [0.4, 0.5) is 0 Å². The molecule has 2 aromatic rings. The summed E-state index contributed by atoms with van der Waals surface area (Å²) < 4.78 is 0.571. The minimum absolute atomic E-state index is 0.199. The molecule has 0 radical (unpaired) electrons. The molecule has 90 valence electrons. The lowest BCUT2D eigenvalue weighted by atomic mass is 10.1. The number of aromatic nitrogens is 2. The molecule has 0 bridgehead atoms. The lowest BCUT2D eigenvalue weighted by Crippen LogP contribution is -2.10. The topological polar surface area (TPSA) is 59.9 Å². The first-order valence-corrected chi connectivity index (χ1v) is 6.05. The number of Topliss-reactive ketones (excluding diaryl/α,β-unsaturated/α-hetero) is 2. The van der Waals surface area contributed by atoms with E-state index in [9.17, 15) is 9.59 Å². The fraction of sp³-hybridized carbons (Fsp3) is 0.0769. The number of ketones is 2. The molecule has 18 heavy (non-hydrogen) atoms. The molecule has 0 aliphatic rings. The third-order valence-electron chi connectivity index (χ3n) is 2.31. The molecule has 2 aromatic heterocycles. The fourth-order valence-corrected chi connectivity index (χ4v) is 1.77. The van der Waals surface area contributed by atoms with E-state index in [1.807, 2.05) is 0 Å².